The Morgan fingerprint density at radius 1 is 1.29 bits per heavy atom. The zero-order valence-corrected chi connectivity index (χ0v) is 14.7. The number of allylic oxidation sites excluding steroid dienone is 2. The minimum atomic E-state index is -0.804. The molecule has 1 aliphatic carbocycles. The largest absolute Gasteiger partial charge is 0.481 e. The molecule has 1 aliphatic rings. The van der Waals surface area contributed by atoms with Gasteiger partial charge < -0.3 is 15.3 Å². The predicted octanol–water partition coefficient (Wildman–Crippen LogP) is 3.84. The van der Waals surface area contributed by atoms with Crippen LogP contribution in [0, 0.1) is 11.8 Å². The molecule has 0 aromatic carbocycles. The van der Waals surface area contributed by atoms with E-state index in [0.29, 0.717) is 6.42 Å². The third kappa shape index (κ3) is 8.49. The summed E-state index contributed by atoms with van der Waals surface area (Å²) in [4.78, 5) is 10.4. The molecule has 0 aromatic heterocycles. The maximum Gasteiger partial charge on any atom is 0.303 e. The molecule has 136 valence electrons. The summed E-state index contributed by atoms with van der Waals surface area (Å²) in [6.07, 6.45) is 14.1. The maximum atomic E-state index is 10.4. The highest BCUT2D eigenvalue weighted by atomic mass is 16.4. The number of hydrogen-bond acceptors (Lipinski definition) is 3. The molecule has 4 nitrogen and oxygen atoms in total. The molecule has 0 radical (unpaired) electrons. The summed E-state index contributed by atoms with van der Waals surface area (Å²) in [6.45, 7) is 2.15. The zero-order chi connectivity index (χ0) is 17.8. The molecular weight excluding hydrogens is 304 g/mol. The first-order valence-corrected chi connectivity index (χ1v) is 9.20. The lowest BCUT2D eigenvalue weighted by atomic mass is 9.90. The van der Waals surface area contributed by atoms with Crippen LogP contribution in [-0.2, 0) is 4.79 Å². The van der Waals surface area contributed by atoms with Crippen molar-refractivity contribution < 1.29 is 20.1 Å². The van der Waals surface area contributed by atoms with E-state index >= 15 is 0 Å². The highest BCUT2D eigenvalue weighted by Gasteiger charge is 2.32. The van der Waals surface area contributed by atoms with Gasteiger partial charge in [0.2, 0.25) is 0 Å². The molecule has 4 atom stereocenters. The Kier molecular flexibility index (Phi) is 10.4. The second-order valence-corrected chi connectivity index (χ2v) is 6.66. The minimum Gasteiger partial charge on any atom is -0.481 e. The van der Waals surface area contributed by atoms with Gasteiger partial charge in [-0.1, -0.05) is 38.3 Å². The first-order chi connectivity index (χ1) is 11.5. The number of aliphatic hydroxyl groups is 2. The lowest BCUT2D eigenvalue weighted by molar-refractivity contribution is -0.136. The summed E-state index contributed by atoms with van der Waals surface area (Å²) in [7, 11) is 0. The smallest absolute Gasteiger partial charge is 0.303 e. The van der Waals surface area contributed by atoms with Crippen LogP contribution in [0.15, 0.2) is 30.0 Å². The Labute approximate surface area is 145 Å². The fourth-order valence-corrected chi connectivity index (χ4v) is 3.18. The van der Waals surface area contributed by atoms with Crippen LogP contribution in [0.1, 0.15) is 64.7 Å². The normalized spacial score (nSPS) is 24.7. The number of unbranched alkanes of at least 4 members (excludes halogenated alkanes) is 2. The van der Waals surface area contributed by atoms with Crippen LogP contribution in [0.5, 0.6) is 0 Å². The molecule has 1 saturated carbocycles. The third-order valence-corrected chi connectivity index (χ3v) is 4.65. The number of carboxylic acid groups (broad SMARTS) is 1. The SMILES string of the molecule is CCCCCC(O)/C=C/C1CC[C@H](O)[C@@H]1CC=C=CCCC(=O)O. The van der Waals surface area contributed by atoms with E-state index in [2.05, 4.69) is 18.7 Å². The van der Waals surface area contributed by atoms with E-state index in [0.717, 1.165) is 44.9 Å². The number of carboxylic acids is 1. The fraction of sp³-hybridized carbons (Fsp3) is 0.700. The van der Waals surface area contributed by atoms with Gasteiger partial charge in [-0.25, -0.2) is 0 Å². The number of aliphatic hydroxyl groups excluding tert-OH is 2. The summed E-state index contributed by atoms with van der Waals surface area (Å²) in [5.74, 6) is -0.357. The Morgan fingerprint density at radius 2 is 2.08 bits per heavy atom. The van der Waals surface area contributed by atoms with Crippen molar-refractivity contribution in [2.24, 2.45) is 11.8 Å². The van der Waals surface area contributed by atoms with E-state index in [1.807, 2.05) is 12.2 Å². The zero-order valence-electron chi connectivity index (χ0n) is 14.7. The highest BCUT2D eigenvalue weighted by Crippen LogP contribution is 2.35. The molecule has 0 saturated heterocycles. The fourth-order valence-electron chi connectivity index (χ4n) is 3.18. The predicted molar refractivity (Wildman–Crippen MR) is 95.6 cm³/mol. The van der Waals surface area contributed by atoms with Crippen LogP contribution in [-0.4, -0.2) is 33.5 Å². The minimum absolute atomic E-state index is 0.119. The van der Waals surface area contributed by atoms with Crippen molar-refractivity contribution in [3.05, 3.63) is 30.0 Å². The number of aliphatic carboxylic acids is 1. The van der Waals surface area contributed by atoms with Crippen LogP contribution < -0.4 is 0 Å². The second kappa shape index (κ2) is 12.1. The van der Waals surface area contributed by atoms with Crippen LogP contribution in [0.2, 0.25) is 0 Å². The Hall–Kier alpha value is -1.35. The summed E-state index contributed by atoms with van der Waals surface area (Å²) in [5, 5.41) is 28.7. The summed E-state index contributed by atoms with van der Waals surface area (Å²) >= 11 is 0. The Balaban J connectivity index is 2.43. The number of rotatable bonds is 11. The van der Waals surface area contributed by atoms with Crippen LogP contribution in [0.3, 0.4) is 0 Å². The summed E-state index contributed by atoms with van der Waals surface area (Å²) in [5.41, 5.74) is 3.01. The van der Waals surface area contributed by atoms with Crippen molar-refractivity contribution >= 4 is 5.97 Å². The molecule has 24 heavy (non-hydrogen) atoms. The maximum absolute atomic E-state index is 10.4. The van der Waals surface area contributed by atoms with Gasteiger partial charge in [0.1, 0.15) is 0 Å². The molecule has 0 aliphatic heterocycles. The Bertz CT molecular complexity index is 449. The van der Waals surface area contributed by atoms with Crippen LogP contribution in [0.25, 0.3) is 0 Å². The van der Waals surface area contributed by atoms with E-state index in [1.165, 1.54) is 0 Å². The van der Waals surface area contributed by atoms with Gasteiger partial charge >= 0.3 is 5.97 Å². The lowest BCUT2D eigenvalue weighted by Gasteiger charge is -2.18. The van der Waals surface area contributed by atoms with Crippen molar-refractivity contribution in [1.82, 2.24) is 0 Å². The molecule has 1 rings (SSSR count). The molecule has 0 bridgehead atoms. The topological polar surface area (TPSA) is 77.8 Å². The molecule has 3 N–H and O–H groups in total. The van der Waals surface area contributed by atoms with Gasteiger partial charge in [0.25, 0.3) is 0 Å². The molecule has 0 amide bonds. The Morgan fingerprint density at radius 3 is 2.79 bits per heavy atom. The van der Waals surface area contributed by atoms with E-state index < -0.39 is 5.97 Å². The van der Waals surface area contributed by atoms with Crippen LogP contribution >= 0.6 is 0 Å². The van der Waals surface area contributed by atoms with Crippen LogP contribution in [0.4, 0.5) is 0 Å². The van der Waals surface area contributed by atoms with Crippen molar-refractivity contribution in [2.75, 3.05) is 0 Å². The van der Waals surface area contributed by atoms with Gasteiger partial charge in [-0.2, -0.15) is 0 Å². The van der Waals surface area contributed by atoms with Gasteiger partial charge in [0, 0.05) is 6.42 Å². The van der Waals surface area contributed by atoms with Crippen molar-refractivity contribution in [3.63, 3.8) is 0 Å². The number of hydrogen-bond donors (Lipinski definition) is 3. The average Bonchev–Trinajstić information content (AvgIpc) is 2.89. The second-order valence-electron chi connectivity index (χ2n) is 6.66. The first kappa shape index (κ1) is 20.7. The van der Waals surface area contributed by atoms with Crippen molar-refractivity contribution in [1.29, 1.82) is 0 Å². The average molecular weight is 336 g/mol. The van der Waals surface area contributed by atoms with Gasteiger partial charge in [0.05, 0.1) is 12.2 Å². The quantitative estimate of drug-likeness (QED) is 0.304. The van der Waals surface area contributed by atoms with Gasteiger partial charge in [-0.15, -0.1) is 5.73 Å². The molecular formula is C20H32O4. The number of carbonyl (C=O) groups is 1. The highest BCUT2D eigenvalue weighted by molar-refractivity contribution is 5.66. The molecule has 4 heteroatoms. The van der Waals surface area contributed by atoms with E-state index in [9.17, 15) is 15.0 Å². The molecule has 1 fully saturated rings. The van der Waals surface area contributed by atoms with Crippen molar-refractivity contribution in [3.8, 4) is 0 Å². The summed E-state index contributed by atoms with van der Waals surface area (Å²) in [6, 6.07) is 0. The lowest BCUT2D eigenvalue weighted by Crippen LogP contribution is -2.17. The molecule has 0 aromatic rings. The van der Waals surface area contributed by atoms with E-state index in [1.54, 1.807) is 6.08 Å². The molecule has 2 unspecified atom stereocenters. The third-order valence-electron chi connectivity index (χ3n) is 4.65. The van der Waals surface area contributed by atoms with Gasteiger partial charge in [0.15, 0.2) is 0 Å². The van der Waals surface area contributed by atoms with Gasteiger partial charge in [-0.05, 0) is 56.1 Å². The monoisotopic (exact) mass is 336 g/mol. The molecule has 0 spiro atoms. The van der Waals surface area contributed by atoms with Crippen molar-refractivity contribution in [2.45, 2.75) is 76.9 Å². The summed E-state index contributed by atoms with van der Waals surface area (Å²) < 4.78 is 0. The first-order valence-electron chi connectivity index (χ1n) is 9.20. The standard InChI is InChI=1S/C20H32O4/c1-2-3-6-9-17(21)14-12-16-13-15-19(22)18(16)10-7-4-5-8-11-20(23)24/h5,7,12,14,16-19,21-22H,2-3,6,8-11,13,15H2,1H3,(H,23,24)/b14-12+/t4?,16?,17?,18-,19+/m1/s1. The van der Waals surface area contributed by atoms with E-state index in [-0.39, 0.29) is 30.5 Å². The van der Waals surface area contributed by atoms with Gasteiger partial charge in [-0.3, -0.25) is 4.79 Å². The molecule has 0 heterocycles. The van der Waals surface area contributed by atoms with E-state index in [4.69, 9.17) is 5.11 Å².